The highest BCUT2D eigenvalue weighted by molar-refractivity contribution is 6.30. The summed E-state index contributed by atoms with van der Waals surface area (Å²) in [4.78, 5) is 25.9. The normalized spacial score (nSPS) is 15.9. The molecule has 1 fully saturated rings. The number of hydrogen-bond acceptors (Lipinski definition) is 3. The third-order valence-electron chi connectivity index (χ3n) is 3.92. The fourth-order valence-corrected chi connectivity index (χ4v) is 2.71. The van der Waals surface area contributed by atoms with Gasteiger partial charge in [0, 0.05) is 30.2 Å². The molecule has 0 saturated carbocycles. The molecule has 1 heterocycles. The predicted octanol–water partition coefficient (Wildman–Crippen LogP) is 3.72. The van der Waals surface area contributed by atoms with Crippen LogP contribution in [-0.4, -0.2) is 42.1 Å². The number of hydrogen-bond donors (Lipinski definition) is 1. The Labute approximate surface area is 148 Å². The number of amides is 2. The molecule has 0 bridgehead atoms. The molecule has 5 nitrogen and oxygen atoms in total. The maximum Gasteiger partial charge on any atom is 0.410 e. The van der Waals surface area contributed by atoms with Crippen molar-refractivity contribution in [3.63, 3.8) is 0 Å². The lowest BCUT2D eigenvalue weighted by Gasteiger charge is -2.33. The first-order valence-electron chi connectivity index (χ1n) is 8.26. The molecule has 0 spiro atoms. The molecule has 1 aromatic carbocycles. The van der Waals surface area contributed by atoms with Crippen LogP contribution in [0.1, 0.15) is 44.0 Å². The Bertz CT molecular complexity index is 573. The van der Waals surface area contributed by atoms with E-state index in [1.54, 1.807) is 29.2 Å². The lowest BCUT2D eigenvalue weighted by atomic mass is 9.97. The minimum absolute atomic E-state index is 0.0961. The highest BCUT2D eigenvalue weighted by atomic mass is 35.5. The van der Waals surface area contributed by atoms with Gasteiger partial charge in [-0.3, -0.25) is 4.79 Å². The summed E-state index contributed by atoms with van der Waals surface area (Å²) < 4.78 is 5.38. The molecule has 0 atom stereocenters. The molecule has 6 heteroatoms. The number of piperidine rings is 1. The Morgan fingerprint density at radius 1 is 1.21 bits per heavy atom. The third-order valence-corrected chi connectivity index (χ3v) is 4.18. The lowest BCUT2D eigenvalue weighted by molar-refractivity contribution is 0.0183. The zero-order chi connectivity index (χ0) is 17.7. The topological polar surface area (TPSA) is 58.6 Å². The third kappa shape index (κ3) is 5.71. The van der Waals surface area contributed by atoms with Gasteiger partial charge < -0.3 is 15.0 Å². The van der Waals surface area contributed by atoms with Crippen LogP contribution in [0.15, 0.2) is 24.3 Å². The molecule has 1 aliphatic heterocycles. The Hall–Kier alpha value is -1.75. The molecule has 1 N–H and O–H groups in total. The molecule has 0 unspecified atom stereocenters. The van der Waals surface area contributed by atoms with E-state index >= 15 is 0 Å². The molecule has 2 amide bonds. The van der Waals surface area contributed by atoms with Crippen LogP contribution in [0.3, 0.4) is 0 Å². The summed E-state index contributed by atoms with van der Waals surface area (Å²) in [5.41, 5.74) is 0.131. The van der Waals surface area contributed by atoms with Gasteiger partial charge in [0.1, 0.15) is 5.60 Å². The average Bonchev–Trinajstić information content (AvgIpc) is 2.52. The summed E-state index contributed by atoms with van der Waals surface area (Å²) >= 11 is 5.82. The summed E-state index contributed by atoms with van der Waals surface area (Å²) in [5.74, 6) is 0.279. The molecule has 1 aromatic rings. The number of carbonyl (C=O) groups is 2. The Morgan fingerprint density at radius 3 is 2.33 bits per heavy atom. The van der Waals surface area contributed by atoms with Gasteiger partial charge >= 0.3 is 6.09 Å². The number of halogens is 1. The first-order valence-corrected chi connectivity index (χ1v) is 8.64. The van der Waals surface area contributed by atoms with Crippen molar-refractivity contribution in [1.29, 1.82) is 0 Å². The fourth-order valence-electron chi connectivity index (χ4n) is 2.59. The number of likely N-dealkylation sites (tertiary alicyclic amines) is 1. The van der Waals surface area contributed by atoms with Gasteiger partial charge in [0.05, 0.1) is 0 Å². The molecule has 24 heavy (non-hydrogen) atoms. The van der Waals surface area contributed by atoms with Crippen LogP contribution in [-0.2, 0) is 4.74 Å². The number of ether oxygens (including phenoxy) is 1. The summed E-state index contributed by atoms with van der Waals surface area (Å²) in [7, 11) is 0. The zero-order valence-electron chi connectivity index (χ0n) is 14.5. The van der Waals surface area contributed by atoms with Crippen molar-refractivity contribution in [2.45, 2.75) is 39.2 Å². The second-order valence-electron chi connectivity index (χ2n) is 7.13. The van der Waals surface area contributed by atoms with Gasteiger partial charge in [-0.2, -0.15) is 0 Å². The Balaban J connectivity index is 1.74. The van der Waals surface area contributed by atoms with Gasteiger partial charge in [-0.1, -0.05) is 11.6 Å². The van der Waals surface area contributed by atoms with E-state index in [1.807, 2.05) is 20.8 Å². The van der Waals surface area contributed by atoms with Gasteiger partial charge in [-0.25, -0.2) is 4.79 Å². The highest BCUT2D eigenvalue weighted by Crippen LogP contribution is 2.19. The lowest BCUT2D eigenvalue weighted by Crippen LogP contribution is -2.43. The summed E-state index contributed by atoms with van der Waals surface area (Å²) in [6.07, 6.45) is 1.46. The largest absolute Gasteiger partial charge is 0.444 e. The van der Waals surface area contributed by atoms with Gasteiger partial charge in [0.2, 0.25) is 0 Å². The molecule has 1 aliphatic rings. The summed E-state index contributed by atoms with van der Waals surface area (Å²) in [5, 5.41) is 3.57. The molecule has 0 radical (unpaired) electrons. The van der Waals surface area contributed by atoms with E-state index in [0.717, 1.165) is 12.8 Å². The van der Waals surface area contributed by atoms with Crippen molar-refractivity contribution in [2.75, 3.05) is 19.6 Å². The van der Waals surface area contributed by atoms with E-state index in [9.17, 15) is 9.59 Å². The summed E-state index contributed by atoms with van der Waals surface area (Å²) in [6.45, 7) is 7.54. The second kappa shape index (κ2) is 7.88. The van der Waals surface area contributed by atoms with E-state index in [4.69, 9.17) is 16.3 Å². The summed E-state index contributed by atoms with van der Waals surface area (Å²) in [6, 6.07) is 6.83. The SMILES string of the molecule is CC(C)(C)OC(=O)N1CCC(CNC(=O)c2ccc(Cl)cc2)CC1. The maximum absolute atomic E-state index is 12.1. The van der Waals surface area contributed by atoms with E-state index in [0.29, 0.717) is 36.1 Å². The second-order valence-corrected chi connectivity index (χ2v) is 7.56. The van der Waals surface area contributed by atoms with Crippen LogP contribution >= 0.6 is 11.6 Å². The van der Waals surface area contributed by atoms with Gasteiger partial charge in [-0.05, 0) is 63.8 Å². The van der Waals surface area contributed by atoms with Crippen LogP contribution in [0, 0.1) is 5.92 Å². The molecule has 0 aliphatic carbocycles. The van der Waals surface area contributed by atoms with Gasteiger partial charge in [0.15, 0.2) is 0 Å². The van der Waals surface area contributed by atoms with Crippen molar-refractivity contribution in [1.82, 2.24) is 10.2 Å². The van der Waals surface area contributed by atoms with Crippen molar-refractivity contribution in [2.24, 2.45) is 5.92 Å². The number of rotatable bonds is 3. The molecular weight excluding hydrogens is 328 g/mol. The van der Waals surface area contributed by atoms with Crippen LogP contribution in [0.2, 0.25) is 5.02 Å². The number of nitrogens with zero attached hydrogens (tertiary/aromatic N) is 1. The minimum Gasteiger partial charge on any atom is -0.444 e. The molecular formula is C18H25ClN2O3. The van der Waals surface area contributed by atoms with Crippen molar-refractivity contribution in [3.8, 4) is 0 Å². The Morgan fingerprint density at radius 2 is 1.79 bits per heavy atom. The molecule has 1 saturated heterocycles. The van der Waals surface area contributed by atoms with Crippen LogP contribution in [0.4, 0.5) is 4.79 Å². The minimum atomic E-state index is -0.472. The van der Waals surface area contributed by atoms with Crippen molar-refractivity contribution < 1.29 is 14.3 Å². The number of nitrogens with one attached hydrogen (secondary N) is 1. The maximum atomic E-state index is 12.1. The van der Waals surface area contributed by atoms with E-state index in [2.05, 4.69) is 5.32 Å². The van der Waals surface area contributed by atoms with E-state index in [-0.39, 0.29) is 12.0 Å². The fraction of sp³-hybridized carbons (Fsp3) is 0.556. The van der Waals surface area contributed by atoms with Crippen LogP contribution in [0.25, 0.3) is 0 Å². The monoisotopic (exact) mass is 352 g/mol. The van der Waals surface area contributed by atoms with Crippen LogP contribution < -0.4 is 5.32 Å². The molecule has 0 aromatic heterocycles. The standard InChI is InChI=1S/C18H25ClN2O3/c1-18(2,3)24-17(23)21-10-8-13(9-11-21)12-20-16(22)14-4-6-15(19)7-5-14/h4-7,13H,8-12H2,1-3H3,(H,20,22). The zero-order valence-corrected chi connectivity index (χ0v) is 15.2. The van der Waals surface area contributed by atoms with Gasteiger partial charge in [-0.15, -0.1) is 0 Å². The predicted molar refractivity (Wildman–Crippen MR) is 94.3 cm³/mol. The smallest absolute Gasteiger partial charge is 0.410 e. The average molecular weight is 353 g/mol. The molecule has 2 rings (SSSR count). The van der Waals surface area contributed by atoms with E-state index < -0.39 is 5.60 Å². The first kappa shape index (κ1) is 18.6. The quantitative estimate of drug-likeness (QED) is 0.902. The van der Waals surface area contributed by atoms with Gasteiger partial charge in [0.25, 0.3) is 5.91 Å². The highest BCUT2D eigenvalue weighted by Gasteiger charge is 2.26. The van der Waals surface area contributed by atoms with Crippen molar-refractivity contribution >= 4 is 23.6 Å². The first-order chi connectivity index (χ1) is 11.2. The Kier molecular flexibility index (Phi) is 6.10. The number of benzene rings is 1. The molecule has 132 valence electrons. The number of carbonyl (C=O) groups excluding carboxylic acids is 2. The van der Waals surface area contributed by atoms with Crippen LogP contribution in [0.5, 0.6) is 0 Å². The van der Waals surface area contributed by atoms with E-state index in [1.165, 1.54) is 0 Å². The van der Waals surface area contributed by atoms with Crippen molar-refractivity contribution in [3.05, 3.63) is 34.9 Å².